The van der Waals surface area contributed by atoms with Crippen LogP contribution in [0.15, 0.2) is 36.4 Å². The second-order valence-electron chi connectivity index (χ2n) is 4.94. The maximum Gasteiger partial charge on any atom is 0.310 e. The summed E-state index contributed by atoms with van der Waals surface area (Å²) in [6.07, 6.45) is 2.33. The van der Waals surface area contributed by atoms with E-state index >= 15 is 0 Å². The molecule has 2 nitrogen and oxygen atoms in total. The van der Waals surface area contributed by atoms with Gasteiger partial charge in [0.05, 0.1) is 13.0 Å². The van der Waals surface area contributed by atoms with E-state index in [1.54, 1.807) is 0 Å². The summed E-state index contributed by atoms with van der Waals surface area (Å²) in [6, 6.07) is 12.5. The molecule has 0 aliphatic heterocycles. The first-order valence-corrected chi connectivity index (χ1v) is 6.84. The zero-order valence-corrected chi connectivity index (χ0v) is 11.6. The van der Waals surface area contributed by atoms with E-state index in [1.807, 2.05) is 6.07 Å². The summed E-state index contributed by atoms with van der Waals surface area (Å²) in [5, 5.41) is 2.38. The number of rotatable bonds is 5. The highest BCUT2D eigenvalue weighted by atomic mass is 16.5. The molecule has 19 heavy (non-hydrogen) atoms. The molecule has 0 aromatic heterocycles. The number of ether oxygens (including phenoxy) is 1. The van der Waals surface area contributed by atoms with Crippen molar-refractivity contribution in [1.82, 2.24) is 0 Å². The van der Waals surface area contributed by atoms with Crippen molar-refractivity contribution < 1.29 is 9.53 Å². The average Bonchev–Trinajstić information content (AvgIpc) is 2.39. The van der Waals surface area contributed by atoms with Crippen LogP contribution in [0.5, 0.6) is 0 Å². The van der Waals surface area contributed by atoms with E-state index in [0.29, 0.717) is 13.0 Å². The molecule has 2 aromatic rings. The highest BCUT2D eigenvalue weighted by Crippen LogP contribution is 2.18. The summed E-state index contributed by atoms with van der Waals surface area (Å²) in [7, 11) is 0. The SMILES string of the molecule is CCCCOC(=O)Cc1ccc2cc(C)ccc2c1. The van der Waals surface area contributed by atoms with E-state index in [1.165, 1.54) is 16.3 Å². The molecule has 100 valence electrons. The summed E-state index contributed by atoms with van der Waals surface area (Å²) in [5.74, 6) is -0.139. The van der Waals surface area contributed by atoms with E-state index < -0.39 is 0 Å². The molecule has 0 bridgehead atoms. The topological polar surface area (TPSA) is 26.3 Å². The van der Waals surface area contributed by atoms with Crippen LogP contribution in [0, 0.1) is 6.92 Å². The standard InChI is InChI=1S/C17H20O2/c1-3-4-9-19-17(18)12-14-6-8-15-10-13(2)5-7-16(15)11-14/h5-8,10-11H,3-4,9,12H2,1-2H3. The smallest absolute Gasteiger partial charge is 0.310 e. The molecule has 0 saturated carbocycles. The first-order valence-electron chi connectivity index (χ1n) is 6.84. The van der Waals surface area contributed by atoms with E-state index in [-0.39, 0.29) is 5.97 Å². The molecule has 2 rings (SSSR count). The molecule has 0 unspecified atom stereocenters. The van der Waals surface area contributed by atoms with E-state index in [9.17, 15) is 4.79 Å². The Balaban J connectivity index is 2.05. The predicted molar refractivity (Wildman–Crippen MR) is 78.3 cm³/mol. The Morgan fingerprint density at radius 3 is 2.63 bits per heavy atom. The Morgan fingerprint density at radius 1 is 1.11 bits per heavy atom. The van der Waals surface area contributed by atoms with E-state index in [4.69, 9.17) is 4.74 Å². The van der Waals surface area contributed by atoms with Crippen molar-refractivity contribution in [3.63, 3.8) is 0 Å². The monoisotopic (exact) mass is 256 g/mol. The second-order valence-corrected chi connectivity index (χ2v) is 4.94. The lowest BCUT2D eigenvalue weighted by atomic mass is 10.0. The van der Waals surface area contributed by atoms with Crippen molar-refractivity contribution >= 4 is 16.7 Å². The number of carbonyl (C=O) groups is 1. The van der Waals surface area contributed by atoms with Gasteiger partial charge in [0.1, 0.15) is 0 Å². The van der Waals surface area contributed by atoms with Gasteiger partial charge in [-0.1, -0.05) is 55.3 Å². The molecule has 0 radical (unpaired) electrons. The quantitative estimate of drug-likeness (QED) is 0.596. The molecule has 0 aliphatic carbocycles. The predicted octanol–water partition coefficient (Wildman–Crippen LogP) is 4.03. The molecule has 0 saturated heterocycles. The van der Waals surface area contributed by atoms with Gasteiger partial charge in [0.25, 0.3) is 0 Å². The number of unbranched alkanes of at least 4 members (excludes halogenated alkanes) is 1. The van der Waals surface area contributed by atoms with Crippen molar-refractivity contribution in [2.75, 3.05) is 6.61 Å². The largest absolute Gasteiger partial charge is 0.465 e. The molecule has 0 fully saturated rings. The number of benzene rings is 2. The summed E-state index contributed by atoms with van der Waals surface area (Å²) in [6.45, 7) is 4.69. The lowest BCUT2D eigenvalue weighted by molar-refractivity contribution is -0.142. The van der Waals surface area contributed by atoms with Crippen LogP contribution in [-0.4, -0.2) is 12.6 Å². The third kappa shape index (κ3) is 3.82. The van der Waals surface area contributed by atoms with E-state index in [0.717, 1.165) is 18.4 Å². The second kappa shape index (κ2) is 6.37. The summed E-state index contributed by atoms with van der Waals surface area (Å²) < 4.78 is 5.18. The Hall–Kier alpha value is -1.83. The molecule has 0 N–H and O–H groups in total. The summed E-state index contributed by atoms with van der Waals surface area (Å²) in [4.78, 5) is 11.7. The van der Waals surface area contributed by atoms with Gasteiger partial charge in [-0.3, -0.25) is 4.79 Å². The van der Waals surface area contributed by atoms with Crippen LogP contribution in [0.25, 0.3) is 10.8 Å². The number of aryl methyl sites for hydroxylation is 1. The van der Waals surface area contributed by atoms with Crippen molar-refractivity contribution in [2.45, 2.75) is 33.1 Å². The third-order valence-corrected chi connectivity index (χ3v) is 3.17. The van der Waals surface area contributed by atoms with Gasteiger partial charge in [-0.2, -0.15) is 0 Å². The van der Waals surface area contributed by atoms with Gasteiger partial charge in [-0.25, -0.2) is 0 Å². The normalized spacial score (nSPS) is 10.6. The maximum atomic E-state index is 11.7. The first kappa shape index (κ1) is 13.6. The number of hydrogen-bond donors (Lipinski definition) is 0. The number of carbonyl (C=O) groups excluding carboxylic acids is 1. The lowest BCUT2D eigenvalue weighted by Crippen LogP contribution is -2.08. The Bertz CT molecular complexity index is 572. The molecule has 0 atom stereocenters. The van der Waals surface area contributed by atoms with E-state index in [2.05, 4.69) is 44.2 Å². The molecule has 0 aliphatic rings. The van der Waals surface area contributed by atoms with Gasteiger partial charge in [-0.15, -0.1) is 0 Å². The number of fused-ring (bicyclic) bond motifs is 1. The van der Waals surface area contributed by atoms with Crippen LogP contribution in [-0.2, 0) is 16.0 Å². The van der Waals surface area contributed by atoms with Gasteiger partial charge in [0, 0.05) is 0 Å². The summed E-state index contributed by atoms with van der Waals surface area (Å²) in [5.41, 5.74) is 2.26. The molecule has 2 aromatic carbocycles. The van der Waals surface area contributed by atoms with Crippen LogP contribution in [0.1, 0.15) is 30.9 Å². The average molecular weight is 256 g/mol. The maximum absolute atomic E-state index is 11.7. The van der Waals surface area contributed by atoms with Crippen molar-refractivity contribution in [2.24, 2.45) is 0 Å². The minimum atomic E-state index is -0.139. The molecule has 2 heteroatoms. The van der Waals surface area contributed by atoms with Crippen LogP contribution in [0.3, 0.4) is 0 Å². The summed E-state index contributed by atoms with van der Waals surface area (Å²) >= 11 is 0. The highest BCUT2D eigenvalue weighted by Gasteiger charge is 2.05. The fourth-order valence-electron chi connectivity index (χ4n) is 2.07. The van der Waals surface area contributed by atoms with Gasteiger partial charge in [-0.05, 0) is 29.7 Å². The fourth-order valence-corrected chi connectivity index (χ4v) is 2.07. The van der Waals surface area contributed by atoms with Crippen molar-refractivity contribution in [3.8, 4) is 0 Å². The van der Waals surface area contributed by atoms with Gasteiger partial charge in [0.15, 0.2) is 0 Å². The van der Waals surface area contributed by atoms with Crippen LogP contribution >= 0.6 is 0 Å². The zero-order chi connectivity index (χ0) is 13.7. The zero-order valence-electron chi connectivity index (χ0n) is 11.6. The van der Waals surface area contributed by atoms with Gasteiger partial charge < -0.3 is 4.74 Å². The molecular formula is C17H20O2. The van der Waals surface area contributed by atoms with Gasteiger partial charge >= 0.3 is 5.97 Å². The number of esters is 1. The Labute approximate surface area is 114 Å². The Morgan fingerprint density at radius 2 is 1.84 bits per heavy atom. The van der Waals surface area contributed by atoms with Crippen LogP contribution in [0.2, 0.25) is 0 Å². The van der Waals surface area contributed by atoms with Crippen molar-refractivity contribution in [1.29, 1.82) is 0 Å². The molecule has 0 heterocycles. The number of hydrogen-bond acceptors (Lipinski definition) is 2. The minimum Gasteiger partial charge on any atom is -0.465 e. The highest BCUT2D eigenvalue weighted by molar-refractivity contribution is 5.85. The Kier molecular flexibility index (Phi) is 4.56. The lowest BCUT2D eigenvalue weighted by Gasteiger charge is -2.06. The molecular weight excluding hydrogens is 236 g/mol. The molecule has 0 amide bonds. The van der Waals surface area contributed by atoms with Gasteiger partial charge in [0.2, 0.25) is 0 Å². The molecule has 0 spiro atoms. The third-order valence-electron chi connectivity index (χ3n) is 3.17. The fraction of sp³-hybridized carbons (Fsp3) is 0.353. The van der Waals surface area contributed by atoms with Crippen molar-refractivity contribution in [3.05, 3.63) is 47.5 Å². The minimum absolute atomic E-state index is 0.139. The van der Waals surface area contributed by atoms with Crippen LogP contribution < -0.4 is 0 Å². The first-order chi connectivity index (χ1) is 9.19. The van der Waals surface area contributed by atoms with Crippen LogP contribution in [0.4, 0.5) is 0 Å².